The number of aromatic nitrogens is 2. The summed E-state index contributed by atoms with van der Waals surface area (Å²) in [7, 11) is 1.58. The summed E-state index contributed by atoms with van der Waals surface area (Å²) in [6.45, 7) is 2.14. The molecule has 1 aromatic carbocycles. The first-order valence-corrected chi connectivity index (χ1v) is 12.0. The van der Waals surface area contributed by atoms with Gasteiger partial charge < -0.3 is 20.4 Å². The quantitative estimate of drug-likeness (QED) is 0.396. The number of furan rings is 1. The molecule has 1 saturated carbocycles. The van der Waals surface area contributed by atoms with E-state index in [1.54, 1.807) is 25.2 Å². The van der Waals surface area contributed by atoms with E-state index in [9.17, 15) is 14.4 Å². The van der Waals surface area contributed by atoms with Crippen LogP contribution in [0, 0.1) is 12.8 Å². The lowest BCUT2D eigenvalue weighted by Gasteiger charge is -2.29. The molecular weight excluding hydrogens is 446 g/mol. The number of benzene rings is 1. The maximum absolute atomic E-state index is 12.9. The number of aromatic amines is 1. The first-order chi connectivity index (χ1) is 16.9. The number of H-pyrrole nitrogens is 1. The van der Waals surface area contributed by atoms with Crippen LogP contribution in [0.25, 0.3) is 11.3 Å². The predicted molar refractivity (Wildman–Crippen MR) is 131 cm³/mol. The molecule has 0 radical (unpaired) electrons. The molecule has 1 aliphatic rings. The Morgan fingerprint density at radius 3 is 2.60 bits per heavy atom. The van der Waals surface area contributed by atoms with Crippen molar-refractivity contribution in [2.24, 2.45) is 5.92 Å². The summed E-state index contributed by atoms with van der Waals surface area (Å²) in [5.41, 5.74) is 2.81. The zero-order valence-corrected chi connectivity index (χ0v) is 20.0. The van der Waals surface area contributed by atoms with Gasteiger partial charge in [0.25, 0.3) is 11.8 Å². The number of carbonyl (C=O) groups excluding carboxylic acids is 3. The fourth-order valence-corrected chi connectivity index (χ4v) is 4.50. The van der Waals surface area contributed by atoms with Crippen LogP contribution in [0.2, 0.25) is 0 Å². The summed E-state index contributed by atoms with van der Waals surface area (Å²) in [6, 6.07) is 12.0. The number of amides is 3. The fraction of sp³-hybridized carbons (Fsp3) is 0.385. The number of hydrogen-bond acceptors (Lipinski definition) is 5. The van der Waals surface area contributed by atoms with Gasteiger partial charge in [0.2, 0.25) is 5.91 Å². The Labute approximate surface area is 204 Å². The highest BCUT2D eigenvalue weighted by molar-refractivity contribution is 5.96. The maximum atomic E-state index is 12.9. The van der Waals surface area contributed by atoms with Gasteiger partial charge in [-0.15, -0.1) is 0 Å². The van der Waals surface area contributed by atoms with Gasteiger partial charge in [0.15, 0.2) is 5.76 Å². The monoisotopic (exact) mass is 477 g/mol. The van der Waals surface area contributed by atoms with Gasteiger partial charge in [0.05, 0.1) is 5.69 Å². The third-order valence-electron chi connectivity index (χ3n) is 6.38. The van der Waals surface area contributed by atoms with E-state index in [2.05, 4.69) is 26.1 Å². The maximum Gasteiger partial charge on any atom is 0.287 e. The first kappa shape index (κ1) is 24.3. The molecule has 0 bridgehead atoms. The molecule has 0 spiro atoms. The van der Waals surface area contributed by atoms with Crippen molar-refractivity contribution in [2.75, 3.05) is 7.05 Å². The summed E-state index contributed by atoms with van der Waals surface area (Å²) < 4.78 is 5.84. The zero-order chi connectivity index (χ0) is 24.8. The van der Waals surface area contributed by atoms with Crippen LogP contribution < -0.4 is 16.0 Å². The molecule has 35 heavy (non-hydrogen) atoms. The number of carbonyl (C=O) groups is 3. The molecule has 1 atom stereocenters. The number of nitrogens with zero attached hydrogens (tertiary/aromatic N) is 1. The number of aryl methyl sites for hydroxylation is 1. The van der Waals surface area contributed by atoms with E-state index in [1.165, 1.54) is 0 Å². The summed E-state index contributed by atoms with van der Waals surface area (Å²) >= 11 is 0. The van der Waals surface area contributed by atoms with Crippen LogP contribution in [-0.4, -0.2) is 41.0 Å². The standard InChI is InChI=1S/C26H31N5O4/c1-16-13-20(31-30-16)24(32)28-15-17-7-6-10-19(14-17)21-11-12-22(35-21)25(33)29-23(26(34)27-2)18-8-4-3-5-9-18/h6-7,10-14,18,23H,3-5,8-9,15H2,1-2H3,(H,27,34)(H,28,32)(H,29,33)(H,30,31)/t23-/m0/s1. The van der Waals surface area contributed by atoms with Crippen molar-refractivity contribution in [1.29, 1.82) is 0 Å². The second-order valence-corrected chi connectivity index (χ2v) is 8.93. The Hall–Kier alpha value is -3.88. The molecule has 2 aromatic heterocycles. The summed E-state index contributed by atoms with van der Waals surface area (Å²) in [5, 5.41) is 15.1. The minimum Gasteiger partial charge on any atom is -0.451 e. The molecule has 4 N–H and O–H groups in total. The number of hydrogen-bond donors (Lipinski definition) is 4. The lowest BCUT2D eigenvalue weighted by atomic mass is 9.83. The SMILES string of the molecule is CNC(=O)[C@@H](NC(=O)c1ccc(-c2cccc(CNC(=O)c3cc(C)n[nH]3)c2)o1)C1CCCCC1. The van der Waals surface area contributed by atoms with Gasteiger partial charge in [-0.25, -0.2) is 0 Å². The molecule has 1 fully saturated rings. The number of rotatable bonds is 8. The summed E-state index contributed by atoms with van der Waals surface area (Å²) in [5.74, 6) is -0.0262. The van der Waals surface area contributed by atoms with Crippen molar-refractivity contribution in [3.8, 4) is 11.3 Å². The number of nitrogens with one attached hydrogen (secondary N) is 4. The van der Waals surface area contributed by atoms with Crippen LogP contribution in [-0.2, 0) is 11.3 Å². The van der Waals surface area contributed by atoms with Crippen molar-refractivity contribution < 1.29 is 18.8 Å². The van der Waals surface area contributed by atoms with E-state index >= 15 is 0 Å². The van der Waals surface area contributed by atoms with Crippen LogP contribution >= 0.6 is 0 Å². The van der Waals surface area contributed by atoms with E-state index in [4.69, 9.17) is 4.42 Å². The Morgan fingerprint density at radius 1 is 1.09 bits per heavy atom. The van der Waals surface area contributed by atoms with Gasteiger partial charge >= 0.3 is 0 Å². The van der Waals surface area contributed by atoms with Gasteiger partial charge in [-0.2, -0.15) is 5.10 Å². The van der Waals surface area contributed by atoms with Crippen molar-refractivity contribution in [1.82, 2.24) is 26.1 Å². The molecule has 0 unspecified atom stereocenters. The van der Waals surface area contributed by atoms with E-state index < -0.39 is 11.9 Å². The average molecular weight is 478 g/mol. The lowest BCUT2D eigenvalue weighted by molar-refractivity contribution is -0.124. The second-order valence-electron chi connectivity index (χ2n) is 8.93. The predicted octanol–water partition coefficient (Wildman–Crippen LogP) is 3.33. The molecule has 184 valence electrons. The molecule has 9 heteroatoms. The van der Waals surface area contributed by atoms with Gasteiger partial charge in [-0.05, 0) is 55.5 Å². The molecule has 0 aliphatic heterocycles. The molecule has 2 heterocycles. The van der Waals surface area contributed by atoms with Gasteiger partial charge in [0, 0.05) is 19.2 Å². The van der Waals surface area contributed by atoms with Crippen molar-refractivity contribution in [3.63, 3.8) is 0 Å². The minimum atomic E-state index is -0.577. The van der Waals surface area contributed by atoms with Crippen molar-refractivity contribution >= 4 is 17.7 Å². The third kappa shape index (κ3) is 5.98. The van der Waals surface area contributed by atoms with Crippen LogP contribution in [0.15, 0.2) is 46.9 Å². The minimum absolute atomic E-state index is 0.125. The smallest absolute Gasteiger partial charge is 0.287 e. The molecule has 0 saturated heterocycles. The van der Waals surface area contributed by atoms with Gasteiger partial charge in [-0.1, -0.05) is 37.5 Å². The average Bonchev–Trinajstić information content (AvgIpc) is 3.56. The number of likely N-dealkylation sites (N-methyl/N-ethyl adjacent to an activating group) is 1. The topological polar surface area (TPSA) is 129 Å². The largest absolute Gasteiger partial charge is 0.451 e. The Kier molecular flexibility index (Phi) is 7.64. The zero-order valence-electron chi connectivity index (χ0n) is 20.0. The van der Waals surface area contributed by atoms with Crippen molar-refractivity contribution in [2.45, 2.75) is 51.6 Å². The van der Waals surface area contributed by atoms with E-state index in [-0.39, 0.29) is 23.5 Å². The third-order valence-corrected chi connectivity index (χ3v) is 6.38. The van der Waals surface area contributed by atoms with Crippen LogP contribution in [0.1, 0.15) is 64.4 Å². The fourth-order valence-electron chi connectivity index (χ4n) is 4.50. The Balaban J connectivity index is 1.41. The molecule has 3 amide bonds. The van der Waals surface area contributed by atoms with E-state index in [1.807, 2.05) is 31.2 Å². The van der Waals surface area contributed by atoms with Crippen LogP contribution in [0.4, 0.5) is 0 Å². The van der Waals surface area contributed by atoms with E-state index in [0.717, 1.165) is 48.9 Å². The molecule has 1 aliphatic carbocycles. The molecule has 3 aromatic rings. The second kappa shape index (κ2) is 11.0. The van der Waals surface area contributed by atoms with Gasteiger partial charge in [0.1, 0.15) is 17.5 Å². The highest BCUT2D eigenvalue weighted by atomic mass is 16.4. The molecule has 9 nitrogen and oxygen atoms in total. The first-order valence-electron chi connectivity index (χ1n) is 12.0. The van der Waals surface area contributed by atoms with E-state index in [0.29, 0.717) is 18.0 Å². The molecule has 4 rings (SSSR count). The molecular formula is C26H31N5O4. The van der Waals surface area contributed by atoms with Gasteiger partial charge in [-0.3, -0.25) is 19.5 Å². The highest BCUT2D eigenvalue weighted by Gasteiger charge is 2.31. The normalized spacial score (nSPS) is 14.8. The lowest BCUT2D eigenvalue weighted by Crippen LogP contribution is -2.50. The Bertz CT molecular complexity index is 1190. The van der Waals surface area contributed by atoms with Crippen LogP contribution in [0.3, 0.4) is 0 Å². The summed E-state index contributed by atoms with van der Waals surface area (Å²) in [6.07, 6.45) is 5.14. The van der Waals surface area contributed by atoms with Crippen molar-refractivity contribution in [3.05, 3.63) is 65.2 Å². The highest BCUT2D eigenvalue weighted by Crippen LogP contribution is 2.28. The summed E-state index contributed by atoms with van der Waals surface area (Å²) in [4.78, 5) is 37.6. The Morgan fingerprint density at radius 2 is 1.89 bits per heavy atom. The van der Waals surface area contributed by atoms with Crippen LogP contribution in [0.5, 0.6) is 0 Å².